The highest BCUT2D eigenvalue weighted by Gasteiger charge is 2.33. The minimum absolute atomic E-state index is 0. The Hall–Kier alpha value is -1.98. The van der Waals surface area contributed by atoms with Gasteiger partial charge in [0.15, 0.2) is 5.82 Å². The zero-order valence-electron chi connectivity index (χ0n) is 14.4. The molecule has 0 atom stereocenters. The quantitative estimate of drug-likeness (QED) is 0.836. The maximum Gasteiger partial charge on any atom is 0.231 e. The number of carbonyl (C=O) groups excluding carboxylic acids is 1. The smallest absolute Gasteiger partial charge is 0.231 e. The number of anilines is 1. The van der Waals surface area contributed by atoms with Crippen LogP contribution in [0, 0.1) is 12.3 Å². The molecule has 1 aromatic heterocycles. The van der Waals surface area contributed by atoms with Crippen molar-refractivity contribution in [1.29, 1.82) is 0 Å². The molecule has 0 fully saturated rings. The van der Waals surface area contributed by atoms with Crippen molar-refractivity contribution in [3.05, 3.63) is 42.2 Å². The Morgan fingerprint density at radius 2 is 1.96 bits per heavy atom. The Kier molecular flexibility index (Phi) is 7.32. The summed E-state index contributed by atoms with van der Waals surface area (Å²) in [6, 6.07) is 9.43. The minimum Gasteiger partial charge on any atom is -0.329 e. The fraction of sp³-hybridized carbons (Fsp3) is 0.389. The number of benzene rings is 1. The molecule has 0 aliphatic rings. The normalized spacial score (nSPS) is 10.8. The summed E-state index contributed by atoms with van der Waals surface area (Å²) in [5, 5.41) is 2.99. The molecule has 130 valence electrons. The van der Waals surface area contributed by atoms with Gasteiger partial charge in [-0.05, 0) is 38.0 Å². The first-order chi connectivity index (χ1) is 11.0. The largest absolute Gasteiger partial charge is 0.329 e. The van der Waals surface area contributed by atoms with Gasteiger partial charge in [0.1, 0.15) is 0 Å². The molecule has 0 radical (unpaired) electrons. The van der Waals surface area contributed by atoms with Crippen LogP contribution in [0.4, 0.5) is 5.69 Å². The van der Waals surface area contributed by atoms with E-state index in [2.05, 4.69) is 15.3 Å². The van der Waals surface area contributed by atoms with E-state index in [0.29, 0.717) is 25.2 Å². The summed E-state index contributed by atoms with van der Waals surface area (Å²) in [6.07, 6.45) is 3.16. The standard InChI is InChI=1S/C18H24N4O.ClH/c1-4-18(5-2,12-19)17(23)22-15-8-6-7-14(11-15)16-20-10-9-13(3)21-16;/h6-11H,4-5,12,19H2,1-3H3,(H,22,23);1H. The zero-order valence-corrected chi connectivity index (χ0v) is 15.2. The number of aromatic nitrogens is 2. The molecule has 0 spiro atoms. The predicted octanol–water partition coefficient (Wildman–Crippen LogP) is 3.58. The number of aryl methyl sites for hydroxylation is 1. The minimum atomic E-state index is -0.518. The topological polar surface area (TPSA) is 80.9 Å². The molecule has 6 heteroatoms. The first-order valence-corrected chi connectivity index (χ1v) is 7.96. The molecule has 1 heterocycles. The fourth-order valence-corrected chi connectivity index (χ4v) is 2.54. The van der Waals surface area contributed by atoms with Crippen molar-refractivity contribution in [3.63, 3.8) is 0 Å². The lowest BCUT2D eigenvalue weighted by Crippen LogP contribution is -2.41. The monoisotopic (exact) mass is 348 g/mol. The molecule has 5 nitrogen and oxygen atoms in total. The van der Waals surface area contributed by atoms with Gasteiger partial charge in [0.05, 0.1) is 5.41 Å². The van der Waals surface area contributed by atoms with Gasteiger partial charge in [-0.15, -0.1) is 12.4 Å². The third kappa shape index (κ3) is 4.30. The SMILES string of the molecule is CCC(CC)(CN)C(=O)Nc1cccc(-c2nccc(C)n2)c1.Cl. The van der Waals surface area contributed by atoms with Gasteiger partial charge in [-0.25, -0.2) is 9.97 Å². The Balaban J connectivity index is 0.00000288. The Labute approximate surface area is 149 Å². The molecule has 1 amide bonds. The average Bonchev–Trinajstić information content (AvgIpc) is 2.57. The Morgan fingerprint density at radius 1 is 1.25 bits per heavy atom. The molecule has 24 heavy (non-hydrogen) atoms. The molecule has 2 aromatic rings. The number of rotatable bonds is 6. The molecule has 2 rings (SSSR count). The number of hydrogen-bond donors (Lipinski definition) is 2. The second-order valence-corrected chi connectivity index (χ2v) is 5.75. The van der Waals surface area contributed by atoms with Crippen LogP contribution in [0.1, 0.15) is 32.4 Å². The highest BCUT2D eigenvalue weighted by molar-refractivity contribution is 5.95. The summed E-state index contributed by atoms with van der Waals surface area (Å²) < 4.78 is 0. The van der Waals surface area contributed by atoms with Crippen molar-refractivity contribution in [2.24, 2.45) is 11.1 Å². The Bertz CT molecular complexity index is 678. The number of nitrogens with two attached hydrogens (primary N) is 1. The van der Waals surface area contributed by atoms with Crippen LogP contribution in [0.15, 0.2) is 36.5 Å². The number of halogens is 1. The molecule has 0 saturated heterocycles. The van der Waals surface area contributed by atoms with E-state index in [1.165, 1.54) is 0 Å². The van der Waals surface area contributed by atoms with Gasteiger partial charge >= 0.3 is 0 Å². The van der Waals surface area contributed by atoms with Crippen LogP contribution in [0.3, 0.4) is 0 Å². The zero-order chi connectivity index (χ0) is 16.9. The lowest BCUT2D eigenvalue weighted by atomic mass is 9.81. The number of nitrogens with zero attached hydrogens (tertiary/aromatic N) is 2. The van der Waals surface area contributed by atoms with Gasteiger partial charge < -0.3 is 11.1 Å². The number of carbonyl (C=O) groups is 1. The second kappa shape index (κ2) is 8.76. The molecule has 0 unspecified atom stereocenters. The van der Waals surface area contributed by atoms with Crippen molar-refractivity contribution in [2.75, 3.05) is 11.9 Å². The third-order valence-electron chi connectivity index (χ3n) is 4.40. The van der Waals surface area contributed by atoms with E-state index in [0.717, 1.165) is 16.9 Å². The van der Waals surface area contributed by atoms with E-state index < -0.39 is 5.41 Å². The van der Waals surface area contributed by atoms with Gasteiger partial charge in [-0.3, -0.25) is 4.79 Å². The number of nitrogens with one attached hydrogen (secondary N) is 1. The van der Waals surface area contributed by atoms with Crippen LogP contribution in [0.5, 0.6) is 0 Å². The van der Waals surface area contributed by atoms with Crippen LogP contribution in [-0.4, -0.2) is 22.4 Å². The summed E-state index contributed by atoms with van der Waals surface area (Å²) in [5.74, 6) is 0.615. The fourth-order valence-electron chi connectivity index (χ4n) is 2.54. The van der Waals surface area contributed by atoms with Crippen LogP contribution < -0.4 is 11.1 Å². The predicted molar refractivity (Wildman–Crippen MR) is 100 cm³/mol. The van der Waals surface area contributed by atoms with Crippen molar-refractivity contribution in [1.82, 2.24) is 9.97 Å². The van der Waals surface area contributed by atoms with Gasteiger partial charge in [0.2, 0.25) is 5.91 Å². The summed E-state index contributed by atoms with van der Waals surface area (Å²) >= 11 is 0. The summed E-state index contributed by atoms with van der Waals surface area (Å²) in [7, 11) is 0. The lowest BCUT2D eigenvalue weighted by molar-refractivity contribution is -0.125. The lowest BCUT2D eigenvalue weighted by Gasteiger charge is -2.28. The first kappa shape index (κ1) is 20.1. The summed E-state index contributed by atoms with van der Waals surface area (Å²) in [5.41, 5.74) is 7.83. The van der Waals surface area contributed by atoms with E-state index in [9.17, 15) is 4.79 Å². The summed E-state index contributed by atoms with van der Waals surface area (Å²) in [4.78, 5) is 21.3. The van der Waals surface area contributed by atoms with Crippen molar-refractivity contribution in [3.8, 4) is 11.4 Å². The number of hydrogen-bond acceptors (Lipinski definition) is 4. The molecule has 0 saturated carbocycles. The van der Waals surface area contributed by atoms with Crippen molar-refractivity contribution < 1.29 is 4.79 Å². The van der Waals surface area contributed by atoms with E-state index in [1.807, 2.05) is 51.1 Å². The highest BCUT2D eigenvalue weighted by Crippen LogP contribution is 2.28. The van der Waals surface area contributed by atoms with E-state index in [4.69, 9.17) is 5.73 Å². The van der Waals surface area contributed by atoms with Gasteiger partial charge in [-0.2, -0.15) is 0 Å². The average molecular weight is 349 g/mol. The van der Waals surface area contributed by atoms with Gasteiger partial charge in [0.25, 0.3) is 0 Å². The molecule has 1 aromatic carbocycles. The van der Waals surface area contributed by atoms with Crippen molar-refractivity contribution in [2.45, 2.75) is 33.6 Å². The third-order valence-corrected chi connectivity index (χ3v) is 4.40. The number of amides is 1. The Morgan fingerprint density at radius 3 is 2.54 bits per heavy atom. The molecular formula is C18H25ClN4O. The van der Waals surface area contributed by atoms with Crippen LogP contribution >= 0.6 is 12.4 Å². The first-order valence-electron chi connectivity index (χ1n) is 7.96. The van der Waals surface area contributed by atoms with Crippen LogP contribution in [0.2, 0.25) is 0 Å². The molecule has 3 N–H and O–H groups in total. The summed E-state index contributed by atoms with van der Waals surface area (Å²) in [6.45, 7) is 6.25. The molecule has 0 aliphatic carbocycles. The van der Waals surface area contributed by atoms with E-state index >= 15 is 0 Å². The van der Waals surface area contributed by atoms with Crippen LogP contribution in [-0.2, 0) is 4.79 Å². The second-order valence-electron chi connectivity index (χ2n) is 5.75. The molecule has 0 aliphatic heterocycles. The van der Waals surface area contributed by atoms with E-state index in [1.54, 1.807) is 6.20 Å². The van der Waals surface area contributed by atoms with E-state index in [-0.39, 0.29) is 18.3 Å². The van der Waals surface area contributed by atoms with Crippen molar-refractivity contribution >= 4 is 24.0 Å². The maximum atomic E-state index is 12.6. The highest BCUT2D eigenvalue weighted by atomic mass is 35.5. The van der Waals surface area contributed by atoms with Gasteiger partial charge in [-0.1, -0.05) is 26.0 Å². The maximum absolute atomic E-state index is 12.6. The molecule has 0 bridgehead atoms. The van der Waals surface area contributed by atoms with Crippen LogP contribution in [0.25, 0.3) is 11.4 Å². The molecular weight excluding hydrogens is 324 g/mol. The van der Waals surface area contributed by atoms with Gasteiger partial charge in [0, 0.05) is 29.7 Å².